The Morgan fingerprint density at radius 1 is 1.48 bits per heavy atom. The lowest BCUT2D eigenvalue weighted by molar-refractivity contribution is -0.137. The zero-order chi connectivity index (χ0) is 15.0. The fourth-order valence-corrected chi connectivity index (χ4v) is 3.29. The van der Waals surface area contributed by atoms with Crippen molar-refractivity contribution in [2.75, 3.05) is 13.6 Å². The van der Waals surface area contributed by atoms with Crippen molar-refractivity contribution in [2.24, 2.45) is 5.92 Å². The molecule has 3 atom stereocenters. The molecule has 1 N–H and O–H groups in total. The molecular formula is C16H20FNO3. The van der Waals surface area contributed by atoms with Crippen LogP contribution in [0.1, 0.15) is 24.8 Å². The van der Waals surface area contributed by atoms with Gasteiger partial charge in [-0.15, -0.1) is 0 Å². The van der Waals surface area contributed by atoms with Gasteiger partial charge in [0.25, 0.3) is 5.91 Å². The minimum Gasteiger partial charge on any atom is -0.477 e. The predicted molar refractivity (Wildman–Crippen MR) is 75.5 cm³/mol. The summed E-state index contributed by atoms with van der Waals surface area (Å²) in [6.45, 7) is 0.526. The maximum absolute atomic E-state index is 13.6. The first kappa shape index (κ1) is 14.3. The topological polar surface area (TPSA) is 49.8 Å². The highest BCUT2D eigenvalue weighted by molar-refractivity contribution is 5.82. The largest absolute Gasteiger partial charge is 0.477 e. The Balaban J connectivity index is 1.63. The summed E-state index contributed by atoms with van der Waals surface area (Å²) in [6, 6.07) is 4.75. The van der Waals surface area contributed by atoms with Crippen molar-refractivity contribution >= 4 is 5.91 Å². The second-order valence-electron chi connectivity index (χ2n) is 6.02. The quantitative estimate of drug-likeness (QED) is 0.923. The van der Waals surface area contributed by atoms with E-state index in [9.17, 15) is 14.3 Å². The number of benzene rings is 1. The van der Waals surface area contributed by atoms with E-state index in [2.05, 4.69) is 0 Å². The number of carbonyl (C=O) groups excluding carboxylic acids is 1. The highest BCUT2D eigenvalue weighted by atomic mass is 19.1. The van der Waals surface area contributed by atoms with Gasteiger partial charge in [0, 0.05) is 31.5 Å². The van der Waals surface area contributed by atoms with Crippen LogP contribution in [0.4, 0.5) is 4.39 Å². The molecular weight excluding hydrogens is 273 g/mol. The van der Waals surface area contributed by atoms with Crippen molar-refractivity contribution in [3.05, 3.63) is 29.6 Å². The normalized spacial score (nSPS) is 27.3. The molecule has 0 spiro atoms. The van der Waals surface area contributed by atoms with Crippen LogP contribution in [0.25, 0.3) is 0 Å². The number of hydrogen-bond acceptors (Lipinski definition) is 3. The highest BCUT2D eigenvalue weighted by Gasteiger charge is 2.35. The molecule has 0 aromatic heterocycles. The third-order valence-electron chi connectivity index (χ3n) is 4.49. The van der Waals surface area contributed by atoms with E-state index in [1.807, 2.05) is 0 Å². The van der Waals surface area contributed by atoms with Gasteiger partial charge in [0.05, 0.1) is 6.10 Å². The number of para-hydroxylation sites is 1. The van der Waals surface area contributed by atoms with E-state index in [0.717, 1.165) is 24.8 Å². The van der Waals surface area contributed by atoms with E-state index in [-0.39, 0.29) is 23.7 Å². The van der Waals surface area contributed by atoms with Crippen LogP contribution in [0.5, 0.6) is 5.75 Å². The molecule has 3 rings (SSSR count). The maximum atomic E-state index is 13.6. The molecule has 0 radical (unpaired) electrons. The molecule has 1 heterocycles. The van der Waals surface area contributed by atoms with Crippen molar-refractivity contribution in [2.45, 2.75) is 37.9 Å². The minimum atomic E-state index is -0.652. The smallest absolute Gasteiger partial charge is 0.263 e. The maximum Gasteiger partial charge on any atom is 0.263 e. The number of aliphatic hydroxyl groups is 1. The Morgan fingerprint density at radius 2 is 2.29 bits per heavy atom. The van der Waals surface area contributed by atoms with Gasteiger partial charge >= 0.3 is 0 Å². The molecule has 3 unspecified atom stereocenters. The molecule has 1 amide bonds. The Labute approximate surface area is 123 Å². The number of fused-ring (bicyclic) bond motifs is 1. The Kier molecular flexibility index (Phi) is 3.85. The predicted octanol–water partition coefficient (Wildman–Crippen LogP) is 1.75. The number of likely N-dealkylation sites (N-methyl/N-ethyl adjacent to an activating group) is 1. The van der Waals surface area contributed by atoms with Crippen molar-refractivity contribution in [3.8, 4) is 5.75 Å². The van der Waals surface area contributed by atoms with E-state index in [1.165, 1.54) is 6.07 Å². The van der Waals surface area contributed by atoms with Crippen molar-refractivity contribution in [3.63, 3.8) is 0 Å². The van der Waals surface area contributed by atoms with Gasteiger partial charge in [-0.1, -0.05) is 18.6 Å². The average Bonchev–Trinajstić information content (AvgIpc) is 3.06. The van der Waals surface area contributed by atoms with E-state index in [4.69, 9.17) is 4.74 Å². The molecule has 1 aromatic rings. The molecule has 1 aliphatic heterocycles. The summed E-state index contributed by atoms with van der Waals surface area (Å²) in [4.78, 5) is 14.0. The summed E-state index contributed by atoms with van der Waals surface area (Å²) in [5.41, 5.74) is 0.739. The molecule has 1 fully saturated rings. The zero-order valence-corrected chi connectivity index (χ0v) is 12.1. The third kappa shape index (κ3) is 2.75. The van der Waals surface area contributed by atoms with Crippen LogP contribution in [0.3, 0.4) is 0 Å². The first-order chi connectivity index (χ1) is 10.1. The number of nitrogens with zero attached hydrogens (tertiary/aromatic N) is 1. The van der Waals surface area contributed by atoms with Crippen molar-refractivity contribution in [1.29, 1.82) is 0 Å². The summed E-state index contributed by atoms with van der Waals surface area (Å²) >= 11 is 0. The Hall–Kier alpha value is -1.62. The van der Waals surface area contributed by atoms with Crippen LogP contribution in [0.2, 0.25) is 0 Å². The molecule has 1 aliphatic carbocycles. The standard InChI is InChI=1S/C16H20FNO3/c1-18(9-11-5-3-7-13(11)19)16(20)14-8-10-4-2-6-12(17)15(10)21-14/h2,4,6,11,13-14,19H,3,5,7-9H2,1H3. The fraction of sp³-hybridized carbons (Fsp3) is 0.562. The minimum absolute atomic E-state index is 0.138. The summed E-state index contributed by atoms with van der Waals surface area (Å²) in [5.74, 6) is -0.231. The van der Waals surface area contributed by atoms with Crippen LogP contribution < -0.4 is 4.74 Å². The molecule has 2 aliphatic rings. The summed E-state index contributed by atoms with van der Waals surface area (Å²) in [7, 11) is 1.72. The highest BCUT2D eigenvalue weighted by Crippen LogP contribution is 2.32. The molecule has 0 saturated heterocycles. The summed E-state index contributed by atoms with van der Waals surface area (Å²) in [6.07, 6.45) is 2.19. The SMILES string of the molecule is CN(CC1CCCC1O)C(=O)C1Cc2cccc(F)c2O1. The molecule has 21 heavy (non-hydrogen) atoms. The van der Waals surface area contributed by atoms with Crippen LogP contribution in [-0.4, -0.2) is 41.7 Å². The number of rotatable bonds is 3. The monoisotopic (exact) mass is 293 g/mol. The number of ether oxygens (including phenoxy) is 1. The van der Waals surface area contributed by atoms with E-state index in [0.29, 0.717) is 13.0 Å². The van der Waals surface area contributed by atoms with Gasteiger partial charge in [-0.3, -0.25) is 4.79 Å². The summed E-state index contributed by atoms with van der Waals surface area (Å²) < 4.78 is 19.1. The van der Waals surface area contributed by atoms with Crippen LogP contribution in [0.15, 0.2) is 18.2 Å². The van der Waals surface area contributed by atoms with Gasteiger partial charge in [0.1, 0.15) is 0 Å². The lowest BCUT2D eigenvalue weighted by Gasteiger charge is -2.25. The second kappa shape index (κ2) is 5.64. The summed E-state index contributed by atoms with van der Waals surface area (Å²) in [5, 5.41) is 9.84. The van der Waals surface area contributed by atoms with Gasteiger partial charge < -0.3 is 14.7 Å². The van der Waals surface area contributed by atoms with Crippen LogP contribution in [0, 0.1) is 11.7 Å². The number of carbonyl (C=O) groups is 1. The zero-order valence-electron chi connectivity index (χ0n) is 12.1. The molecule has 0 bridgehead atoms. The lowest BCUT2D eigenvalue weighted by Crippen LogP contribution is -2.42. The Bertz CT molecular complexity index is 548. The third-order valence-corrected chi connectivity index (χ3v) is 4.49. The molecule has 1 saturated carbocycles. The Morgan fingerprint density at radius 3 is 2.95 bits per heavy atom. The first-order valence-corrected chi connectivity index (χ1v) is 7.43. The van der Waals surface area contributed by atoms with E-state index >= 15 is 0 Å². The van der Waals surface area contributed by atoms with Crippen LogP contribution in [-0.2, 0) is 11.2 Å². The second-order valence-corrected chi connectivity index (χ2v) is 6.02. The van der Waals surface area contributed by atoms with Crippen molar-refractivity contribution < 1.29 is 19.0 Å². The number of hydrogen-bond donors (Lipinski definition) is 1. The lowest BCUT2D eigenvalue weighted by atomic mass is 10.0. The van der Waals surface area contributed by atoms with Crippen LogP contribution >= 0.6 is 0 Å². The molecule has 114 valence electrons. The van der Waals surface area contributed by atoms with Crippen molar-refractivity contribution in [1.82, 2.24) is 4.90 Å². The van der Waals surface area contributed by atoms with Gasteiger partial charge in [0.2, 0.25) is 0 Å². The van der Waals surface area contributed by atoms with Gasteiger partial charge in [-0.25, -0.2) is 4.39 Å². The number of aliphatic hydroxyl groups excluding tert-OH is 1. The number of amides is 1. The average molecular weight is 293 g/mol. The van der Waals surface area contributed by atoms with Gasteiger partial charge in [-0.05, 0) is 18.9 Å². The first-order valence-electron chi connectivity index (χ1n) is 7.43. The van der Waals surface area contributed by atoms with Gasteiger partial charge in [-0.2, -0.15) is 0 Å². The molecule has 5 heteroatoms. The molecule has 1 aromatic carbocycles. The number of halogens is 1. The van der Waals surface area contributed by atoms with E-state index < -0.39 is 11.9 Å². The van der Waals surface area contributed by atoms with Gasteiger partial charge in [0.15, 0.2) is 17.7 Å². The van der Waals surface area contributed by atoms with E-state index in [1.54, 1.807) is 24.1 Å². The molecule has 4 nitrogen and oxygen atoms in total. The fourth-order valence-electron chi connectivity index (χ4n) is 3.29.